The Kier molecular flexibility index (Phi) is 5.60. The van der Waals surface area contributed by atoms with Gasteiger partial charge >= 0.3 is 7.48 Å². The van der Waals surface area contributed by atoms with E-state index in [1.807, 2.05) is 50.2 Å². The zero-order valence-electron chi connectivity index (χ0n) is 15.4. The molecule has 4 nitrogen and oxygen atoms in total. The second-order valence-corrected chi connectivity index (χ2v) is 7.12. The quantitative estimate of drug-likeness (QED) is 0.463. The average molecular weight is 339 g/mol. The van der Waals surface area contributed by atoms with Gasteiger partial charge in [-0.05, 0) is 39.8 Å². The van der Waals surface area contributed by atoms with Gasteiger partial charge in [0.05, 0.1) is 16.9 Å². The number of aliphatic hydroxyl groups is 1. The molecule has 0 aliphatic carbocycles. The molecule has 0 heterocycles. The summed E-state index contributed by atoms with van der Waals surface area (Å²) in [5.74, 6) is 1.12. The van der Waals surface area contributed by atoms with E-state index in [9.17, 15) is 5.11 Å². The van der Waals surface area contributed by atoms with Crippen molar-refractivity contribution in [3.8, 4) is 5.75 Å². The first-order valence-corrected chi connectivity index (χ1v) is 8.27. The minimum atomic E-state index is -0.926. The minimum Gasteiger partial charge on any atom is -0.455 e. The summed E-state index contributed by atoms with van der Waals surface area (Å²) >= 11 is 0. The number of para-hydroxylation sites is 2. The number of nitrogens with two attached hydrogens (primary N) is 1. The largest absolute Gasteiger partial charge is 0.455 e. The van der Waals surface area contributed by atoms with Crippen molar-refractivity contribution in [2.24, 2.45) is 0 Å². The van der Waals surface area contributed by atoms with E-state index in [0.29, 0.717) is 24.7 Å². The van der Waals surface area contributed by atoms with Crippen LogP contribution in [0.4, 0.5) is 5.69 Å². The second kappa shape index (κ2) is 7.34. The fourth-order valence-corrected chi connectivity index (χ4v) is 1.99. The van der Waals surface area contributed by atoms with Crippen LogP contribution in [0.5, 0.6) is 5.75 Å². The van der Waals surface area contributed by atoms with Crippen LogP contribution in [0, 0.1) is 0 Å². The first kappa shape index (κ1) is 19.1. The van der Waals surface area contributed by atoms with Gasteiger partial charge < -0.3 is 20.2 Å². The fraction of sp³-hybridized carbons (Fsp3) is 0.300. The third kappa shape index (κ3) is 4.87. The Morgan fingerprint density at radius 2 is 1.64 bits per heavy atom. The summed E-state index contributed by atoms with van der Waals surface area (Å²) in [6, 6.07) is 15.1. The molecule has 132 valence electrons. The lowest BCUT2D eigenvalue weighted by molar-refractivity contribution is -0.0893. The fourth-order valence-electron chi connectivity index (χ4n) is 1.99. The predicted octanol–water partition coefficient (Wildman–Crippen LogP) is 2.86. The highest BCUT2D eigenvalue weighted by atomic mass is 16.5. The molecule has 5 heteroatoms. The van der Waals surface area contributed by atoms with Crippen molar-refractivity contribution in [3.05, 3.63) is 60.7 Å². The van der Waals surface area contributed by atoms with E-state index >= 15 is 0 Å². The van der Waals surface area contributed by atoms with Gasteiger partial charge in [0.1, 0.15) is 11.5 Å². The van der Waals surface area contributed by atoms with E-state index in [0.717, 1.165) is 11.0 Å². The van der Waals surface area contributed by atoms with Crippen molar-refractivity contribution in [3.63, 3.8) is 0 Å². The molecule has 2 rings (SSSR count). The Balaban J connectivity index is 2.00. The molecule has 2 aromatic rings. The second-order valence-electron chi connectivity index (χ2n) is 7.12. The van der Waals surface area contributed by atoms with Gasteiger partial charge in [-0.15, -0.1) is 0 Å². The van der Waals surface area contributed by atoms with Crippen LogP contribution >= 0.6 is 0 Å². The molecule has 0 amide bonds. The van der Waals surface area contributed by atoms with Gasteiger partial charge in [-0.2, -0.15) is 0 Å². The molecule has 0 aromatic heterocycles. The van der Waals surface area contributed by atoms with Gasteiger partial charge in [-0.1, -0.05) is 48.4 Å². The molecule has 0 saturated carbocycles. The molecule has 0 atom stereocenters. The van der Waals surface area contributed by atoms with Crippen LogP contribution in [-0.2, 0) is 4.65 Å². The lowest BCUT2D eigenvalue weighted by Gasteiger charge is -2.37. The molecule has 3 N–H and O–H groups in total. The van der Waals surface area contributed by atoms with Gasteiger partial charge in [-0.25, -0.2) is 0 Å². The summed E-state index contributed by atoms with van der Waals surface area (Å²) in [4.78, 5) is 0. The molecule has 0 fully saturated rings. The van der Waals surface area contributed by atoms with E-state index < -0.39 is 11.2 Å². The van der Waals surface area contributed by atoms with Crippen molar-refractivity contribution in [2.75, 3.05) is 5.73 Å². The maximum absolute atomic E-state index is 10.1. The first-order valence-electron chi connectivity index (χ1n) is 8.27. The van der Waals surface area contributed by atoms with Crippen molar-refractivity contribution in [1.82, 2.24) is 0 Å². The van der Waals surface area contributed by atoms with E-state index in [1.165, 1.54) is 0 Å². The van der Waals surface area contributed by atoms with E-state index in [2.05, 4.69) is 6.58 Å². The third-order valence-corrected chi connectivity index (χ3v) is 4.50. The summed E-state index contributed by atoms with van der Waals surface area (Å²) in [7, 11) is 0.413. The van der Waals surface area contributed by atoms with E-state index in [4.69, 9.17) is 15.1 Å². The molecule has 0 bridgehead atoms. The van der Waals surface area contributed by atoms with Crippen molar-refractivity contribution in [2.45, 2.75) is 38.9 Å². The van der Waals surface area contributed by atoms with Crippen LogP contribution in [0.1, 0.15) is 33.3 Å². The molecule has 0 unspecified atom stereocenters. The standard InChI is InChI=1S/C20H26BNO3/c1-14(24-18-9-7-6-8-17(18)22)15-10-12-16(13-11-15)21-25-20(4,5)19(2,3)23/h6-13,21,23H,1,22H2,2-5H3. The lowest BCUT2D eigenvalue weighted by Crippen LogP contribution is -2.49. The van der Waals surface area contributed by atoms with Crippen molar-refractivity contribution in [1.29, 1.82) is 0 Å². The summed E-state index contributed by atoms with van der Waals surface area (Å²) < 4.78 is 11.6. The monoisotopic (exact) mass is 339 g/mol. The molecule has 2 aromatic carbocycles. The maximum Gasteiger partial charge on any atom is 0.309 e. The summed E-state index contributed by atoms with van der Waals surface area (Å²) in [5, 5.41) is 10.1. The van der Waals surface area contributed by atoms with Gasteiger partial charge in [0.25, 0.3) is 0 Å². The normalized spacial score (nSPS) is 11.9. The van der Waals surface area contributed by atoms with Crippen molar-refractivity contribution < 1.29 is 14.5 Å². The Bertz CT molecular complexity index is 733. The maximum atomic E-state index is 10.1. The SMILES string of the molecule is C=C(Oc1ccccc1N)c1ccc(BOC(C)(C)C(C)(C)O)cc1. The lowest BCUT2D eigenvalue weighted by atomic mass is 9.82. The molecule has 0 radical (unpaired) electrons. The van der Waals surface area contributed by atoms with Crippen molar-refractivity contribution >= 4 is 24.4 Å². The highest BCUT2D eigenvalue weighted by Gasteiger charge is 2.35. The molecular weight excluding hydrogens is 313 g/mol. The van der Waals surface area contributed by atoms with Crippen LogP contribution < -0.4 is 15.9 Å². The highest BCUT2D eigenvalue weighted by molar-refractivity contribution is 6.47. The molecule has 0 aliphatic rings. The summed E-state index contributed by atoms with van der Waals surface area (Å²) in [5.41, 5.74) is 6.76. The molecule has 0 spiro atoms. The first-order chi connectivity index (χ1) is 11.6. The minimum absolute atomic E-state index is 0.413. The Morgan fingerprint density at radius 3 is 2.20 bits per heavy atom. The smallest absolute Gasteiger partial charge is 0.309 e. The Hall–Kier alpha value is -2.24. The average Bonchev–Trinajstić information content (AvgIpc) is 2.54. The number of rotatable bonds is 7. The van der Waals surface area contributed by atoms with Crippen LogP contribution in [0.2, 0.25) is 0 Å². The summed E-state index contributed by atoms with van der Waals surface area (Å²) in [6.45, 7) is 11.2. The number of hydrogen-bond acceptors (Lipinski definition) is 4. The van der Waals surface area contributed by atoms with Crippen LogP contribution in [0.25, 0.3) is 5.76 Å². The number of ether oxygens (including phenoxy) is 1. The predicted molar refractivity (Wildman–Crippen MR) is 105 cm³/mol. The van der Waals surface area contributed by atoms with Gasteiger partial charge in [0.15, 0.2) is 0 Å². The van der Waals surface area contributed by atoms with Gasteiger partial charge in [-0.3, -0.25) is 0 Å². The topological polar surface area (TPSA) is 64.7 Å². The molecule has 0 saturated heterocycles. The number of hydrogen-bond donors (Lipinski definition) is 2. The zero-order valence-corrected chi connectivity index (χ0v) is 15.4. The molecular formula is C20H26BNO3. The highest BCUT2D eigenvalue weighted by Crippen LogP contribution is 2.26. The Morgan fingerprint density at radius 1 is 1.04 bits per heavy atom. The number of nitrogen functional groups attached to an aromatic ring is 1. The van der Waals surface area contributed by atoms with Crippen LogP contribution in [-0.4, -0.2) is 23.8 Å². The van der Waals surface area contributed by atoms with E-state index in [-0.39, 0.29) is 0 Å². The van der Waals surface area contributed by atoms with Crippen LogP contribution in [0.15, 0.2) is 55.1 Å². The summed E-state index contributed by atoms with van der Waals surface area (Å²) in [6.07, 6.45) is 0. The molecule has 0 aliphatic heterocycles. The zero-order chi connectivity index (χ0) is 18.7. The van der Waals surface area contributed by atoms with E-state index in [1.54, 1.807) is 26.0 Å². The Labute approximate surface area is 150 Å². The molecule has 25 heavy (non-hydrogen) atoms. The van der Waals surface area contributed by atoms with Gasteiger partial charge in [0.2, 0.25) is 0 Å². The van der Waals surface area contributed by atoms with Crippen LogP contribution in [0.3, 0.4) is 0 Å². The number of anilines is 1. The third-order valence-electron chi connectivity index (χ3n) is 4.50. The van der Waals surface area contributed by atoms with Gasteiger partial charge in [0, 0.05) is 5.56 Å². The number of benzene rings is 2.